The molecule has 0 atom stereocenters. The topological polar surface area (TPSA) is 42.2 Å². The molecule has 0 fully saturated rings. The maximum absolute atomic E-state index is 9.45. The fourth-order valence-electron chi connectivity index (χ4n) is 4.12. The molecule has 0 aliphatic carbocycles. The Kier molecular flexibility index (Phi) is 9.67. The van der Waals surface area contributed by atoms with Gasteiger partial charge in [-0.2, -0.15) is 5.26 Å². The van der Waals surface area contributed by atoms with E-state index in [9.17, 15) is 5.26 Å². The van der Waals surface area contributed by atoms with Gasteiger partial charge in [-0.3, -0.25) is 0 Å². The van der Waals surface area contributed by atoms with E-state index in [1.54, 1.807) is 0 Å². The lowest BCUT2D eigenvalue weighted by Gasteiger charge is -2.10. The van der Waals surface area contributed by atoms with Crippen molar-refractivity contribution >= 4 is 21.5 Å². The summed E-state index contributed by atoms with van der Waals surface area (Å²) in [5.41, 5.74) is 0.705. The molecule has 164 valence electrons. The molecule has 0 amide bonds. The van der Waals surface area contributed by atoms with Gasteiger partial charge in [-0.15, -0.1) is 0 Å². The molecule has 3 rings (SSSR count). The molecule has 0 heterocycles. The molecular weight excluding hydrogens is 382 g/mol. The molecule has 0 bridgehead atoms. The number of fused-ring (bicyclic) bond motifs is 3. The van der Waals surface area contributed by atoms with Gasteiger partial charge in [0.05, 0.1) is 18.2 Å². The standard InChI is InChI=1S/C28H35NO2/c1-2-3-4-5-6-7-8-9-10-13-18-30-22-31-25-17-16-23-19-24(21-29)26-14-11-12-15-27(26)28(23)20-25/h11-12,14-17,19-20H,2-10,13,18,22H2,1H3. The van der Waals surface area contributed by atoms with Gasteiger partial charge in [-0.1, -0.05) is 95.0 Å². The lowest BCUT2D eigenvalue weighted by Crippen LogP contribution is -2.04. The molecule has 0 N–H and O–H groups in total. The number of benzene rings is 3. The Morgan fingerprint density at radius 3 is 2.13 bits per heavy atom. The first-order valence-corrected chi connectivity index (χ1v) is 11.9. The van der Waals surface area contributed by atoms with Gasteiger partial charge in [-0.05, 0) is 40.8 Å². The van der Waals surface area contributed by atoms with E-state index in [-0.39, 0.29) is 6.79 Å². The molecular formula is C28H35NO2. The first-order chi connectivity index (χ1) is 15.3. The van der Waals surface area contributed by atoms with Gasteiger partial charge in [0, 0.05) is 5.39 Å². The molecule has 31 heavy (non-hydrogen) atoms. The fourth-order valence-corrected chi connectivity index (χ4v) is 4.12. The van der Waals surface area contributed by atoms with Crippen molar-refractivity contribution in [1.29, 1.82) is 5.26 Å². The van der Waals surface area contributed by atoms with Crippen molar-refractivity contribution in [2.24, 2.45) is 0 Å². The summed E-state index contributed by atoms with van der Waals surface area (Å²) in [7, 11) is 0. The lowest BCUT2D eigenvalue weighted by molar-refractivity contribution is 0.0136. The predicted octanol–water partition coefficient (Wildman–Crippen LogP) is 8.14. The largest absolute Gasteiger partial charge is 0.468 e. The van der Waals surface area contributed by atoms with Crippen LogP contribution in [0, 0.1) is 11.3 Å². The third-order valence-electron chi connectivity index (χ3n) is 5.90. The van der Waals surface area contributed by atoms with Crippen LogP contribution in [-0.2, 0) is 4.74 Å². The summed E-state index contributed by atoms with van der Waals surface area (Å²) in [5, 5.41) is 13.6. The second-order valence-electron chi connectivity index (χ2n) is 8.32. The van der Waals surface area contributed by atoms with Crippen LogP contribution in [0.2, 0.25) is 0 Å². The number of ether oxygens (including phenoxy) is 2. The van der Waals surface area contributed by atoms with Crippen LogP contribution in [0.25, 0.3) is 21.5 Å². The predicted molar refractivity (Wildman–Crippen MR) is 129 cm³/mol. The number of hydrogen-bond acceptors (Lipinski definition) is 3. The summed E-state index contributed by atoms with van der Waals surface area (Å²) in [6.07, 6.45) is 13.3. The van der Waals surface area contributed by atoms with Crippen molar-refractivity contribution in [3.05, 3.63) is 54.1 Å². The zero-order chi connectivity index (χ0) is 21.7. The Labute approximate surface area is 187 Å². The summed E-state index contributed by atoms with van der Waals surface area (Å²) in [6.45, 7) is 3.29. The average molecular weight is 418 g/mol. The molecule has 0 unspecified atom stereocenters. The molecule has 0 aliphatic rings. The van der Waals surface area contributed by atoms with Gasteiger partial charge in [0.15, 0.2) is 6.79 Å². The first kappa shape index (κ1) is 23.1. The Morgan fingerprint density at radius 1 is 0.742 bits per heavy atom. The van der Waals surface area contributed by atoms with Crippen LogP contribution >= 0.6 is 0 Å². The van der Waals surface area contributed by atoms with Crippen LogP contribution in [0.15, 0.2) is 48.5 Å². The summed E-state index contributed by atoms with van der Waals surface area (Å²) in [5.74, 6) is 0.797. The van der Waals surface area contributed by atoms with Gasteiger partial charge < -0.3 is 9.47 Å². The Balaban J connectivity index is 1.37. The third-order valence-corrected chi connectivity index (χ3v) is 5.90. The Morgan fingerprint density at radius 2 is 1.42 bits per heavy atom. The highest BCUT2D eigenvalue weighted by Crippen LogP contribution is 2.31. The van der Waals surface area contributed by atoms with E-state index >= 15 is 0 Å². The molecule has 3 nitrogen and oxygen atoms in total. The van der Waals surface area contributed by atoms with E-state index in [2.05, 4.69) is 19.1 Å². The number of nitrogens with zero attached hydrogens (tertiary/aromatic N) is 1. The van der Waals surface area contributed by atoms with Gasteiger partial charge in [0.2, 0.25) is 0 Å². The molecule has 0 saturated carbocycles. The van der Waals surface area contributed by atoms with Crippen LogP contribution in [0.3, 0.4) is 0 Å². The highest BCUT2D eigenvalue weighted by molar-refractivity contribution is 6.10. The zero-order valence-corrected chi connectivity index (χ0v) is 18.9. The van der Waals surface area contributed by atoms with E-state index < -0.39 is 0 Å². The summed E-state index contributed by atoms with van der Waals surface area (Å²) in [6, 6.07) is 18.3. The smallest absolute Gasteiger partial charge is 0.189 e. The van der Waals surface area contributed by atoms with E-state index in [4.69, 9.17) is 9.47 Å². The minimum atomic E-state index is 0.275. The maximum Gasteiger partial charge on any atom is 0.189 e. The second kappa shape index (κ2) is 13.0. The van der Waals surface area contributed by atoms with E-state index in [0.29, 0.717) is 5.56 Å². The number of nitriles is 1. The van der Waals surface area contributed by atoms with Crippen molar-refractivity contribution < 1.29 is 9.47 Å². The molecule has 3 heteroatoms. The Hall–Kier alpha value is -2.57. The summed E-state index contributed by atoms with van der Waals surface area (Å²) >= 11 is 0. The number of rotatable bonds is 14. The van der Waals surface area contributed by atoms with Gasteiger partial charge >= 0.3 is 0 Å². The molecule has 0 radical (unpaired) electrons. The Bertz CT molecular complexity index is 989. The zero-order valence-electron chi connectivity index (χ0n) is 18.9. The van der Waals surface area contributed by atoms with Crippen molar-refractivity contribution in [3.63, 3.8) is 0 Å². The average Bonchev–Trinajstić information content (AvgIpc) is 2.81. The summed E-state index contributed by atoms with van der Waals surface area (Å²) < 4.78 is 11.5. The number of hydrogen-bond donors (Lipinski definition) is 0. The van der Waals surface area contributed by atoms with Crippen LogP contribution in [0.5, 0.6) is 5.75 Å². The first-order valence-electron chi connectivity index (χ1n) is 11.9. The van der Waals surface area contributed by atoms with Gasteiger partial charge in [-0.25, -0.2) is 0 Å². The van der Waals surface area contributed by atoms with Crippen LogP contribution in [0.1, 0.15) is 76.7 Å². The van der Waals surface area contributed by atoms with E-state index in [1.165, 1.54) is 57.8 Å². The minimum Gasteiger partial charge on any atom is -0.468 e. The second-order valence-corrected chi connectivity index (χ2v) is 8.32. The minimum absolute atomic E-state index is 0.275. The highest BCUT2D eigenvalue weighted by Gasteiger charge is 2.07. The summed E-state index contributed by atoms with van der Waals surface area (Å²) in [4.78, 5) is 0. The third kappa shape index (κ3) is 6.97. The van der Waals surface area contributed by atoms with E-state index in [0.717, 1.165) is 40.3 Å². The molecule has 0 aromatic heterocycles. The molecule has 3 aromatic rings. The van der Waals surface area contributed by atoms with Crippen LogP contribution < -0.4 is 4.74 Å². The van der Waals surface area contributed by atoms with Crippen LogP contribution in [0.4, 0.5) is 0 Å². The lowest BCUT2D eigenvalue weighted by atomic mass is 9.98. The maximum atomic E-state index is 9.45. The monoisotopic (exact) mass is 417 g/mol. The van der Waals surface area contributed by atoms with Gasteiger partial charge in [0.25, 0.3) is 0 Å². The molecule has 0 saturated heterocycles. The van der Waals surface area contributed by atoms with Crippen molar-refractivity contribution in [1.82, 2.24) is 0 Å². The highest BCUT2D eigenvalue weighted by atomic mass is 16.7. The molecule has 3 aromatic carbocycles. The number of unbranched alkanes of at least 4 members (excludes halogenated alkanes) is 9. The van der Waals surface area contributed by atoms with E-state index in [1.807, 2.05) is 42.5 Å². The van der Waals surface area contributed by atoms with Crippen LogP contribution in [-0.4, -0.2) is 13.4 Å². The normalized spacial score (nSPS) is 11.1. The molecule has 0 aliphatic heterocycles. The van der Waals surface area contributed by atoms with Crippen molar-refractivity contribution in [2.45, 2.75) is 71.1 Å². The van der Waals surface area contributed by atoms with Crippen molar-refractivity contribution in [3.8, 4) is 11.8 Å². The molecule has 0 spiro atoms. The van der Waals surface area contributed by atoms with Crippen molar-refractivity contribution in [2.75, 3.05) is 13.4 Å². The SMILES string of the molecule is CCCCCCCCCCCCOCOc1ccc2cc(C#N)c3ccccc3c2c1. The fraction of sp³-hybridized carbons (Fsp3) is 0.464. The quantitative estimate of drug-likeness (QED) is 0.151. The van der Waals surface area contributed by atoms with Gasteiger partial charge in [0.1, 0.15) is 5.75 Å².